The van der Waals surface area contributed by atoms with E-state index in [2.05, 4.69) is 0 Å². The van der Waals surface area contributed by atoms with Crippen LogP contribution in [-0.2, 0) is 14.3 Å². The molecule has 25 heavy (non-hydrogen) atoms. The van der Waals surface area contributed by atoms with Gasteiger partial charge in [0.15, 0.2) is 11.5 Å². The van der Waals surface area contributed by atoms with Crippen LogP contribution in [0.4, 0.5) is 0 Å². The van der Waals surface area contributed by atoms with E-state index in [1.807, 2.05) is 0 Å². The van der Waals surface area contributed by atoms with Crippen molar-refractivity contribution < 1.29 is 28.5 Å². The first-order valence-corrected chi connectivity index (χ1v) is 7.75. The second kappa shape index (κ2) is 7.46. The van der Waals surface area contributed by atoms with Gasteiger partial charge in [0.25, 0.3) is 0 Å². The zero-order valence-corrected chi connectivity index (χ0v) is 15.3. The molecule has 0 aromatic heterocycles. The minimum absolute atomic E-state index is 0.0797. The number of nitrogens with zero attached hydrogens (tertiary/aromatic N) is 1. The largest absolute Gasteiger partial charge is 0.493 e. The summed E-state index contributed by atoms with van der Waals surface area (Å²) in [6.07, 6.45) is 0.150. The van der Waals surface area contributed by atoms with Gasteiger partial charge < -0.3 is 23.8 Å². The maximum atomic E-state index is 12.3. The van der Waals surface area contributed by atoms with E-state index in [4.69, 9.17) is 18.9 Å². The fourth-order valence-electron chi connectivity index (χ4n) is 3.02. The van der Waals surface area contributed by atoms with Crippen LogP contribution in [0.5, 0.6) is 17.2 Å². The van der Waals surface area contributed by atoms with Gasteiger partial charge in [0, 0.05) is 25.1 Å². The Morgan fingerprint density at radius 2 is 1.64 bits per heavy atom. The highest BCUT2D eigenvalue weighted by molar-refractivity contribution is 5.95. The van der Waals surface area contributed by atoms with Crippen LogP contribution in [0.25, 0.3) is 0 Å². The second-order valence-electron chi connectivity index (χ2n) is 5.66. The van der Waals surface area contributed by atoms with Gasteiger partial charge in [-0.25, -0.2) is 4.79 Å². The average molecular weight is 349 g/mol. The first-order chi connectivity index (χ1) is 11.9. The van der Waals surface area contributed by atoms with Gasteiger partial charge in [0.1, 0.15) is 0 Å². The lowest BCUT2D eigenvalue weighted by molar-refractivity contribution is -0.137. The molecule has 0 bridgehead atoms. The number of ether oxygens (including phenoxy) is 4. The van der Waals surface area contributed by atoms with Gasteiger partial charge in [0.2, 0.25) is 11.7 Å². The van der Waals surface area contributed by atoms with Crippen molar-refractivity contribution in [3.63, 3.8) is 0 Å². The lowest BCUT2D eigenvalue weighted by Crippen LogP contribution is -2.35. The van der Waals surface area contributed by atoms with Crippen molar-refractivity contribution >= 4 is 11.9 Å². The standard InChI is InChI=1S/C18H23NO6/c1-10-16(18(21)25-6)12(9-15(20)19(10)2)11-7-13(22-3)17(24-5)14(8-11)23-4/h7-8,12H,9H2,1-6H3/t12-/m1/s1. The smallest absolute Gasteiger partial charge is 0.336 e. The molecule has 1 heterocycles. The SMILES string of the molecule is COC(=O)C1=C(C)N(C)C(=O)C[C@@H]1c1cc(OC)c(OC)c(OC)c1. The lowest BCUT2D eigenvalue weighted by Gasteiger charge is -2.32. The molecular weight excluding hydrogens is 326 g/mol. The molecule has 0 fully saturated rings. The Morgan fingerprint density at radius 3 is 2.08 bits per heavy atom. The van der Waals surface area contributed by atoms with Gasteiger partial charge in [-0.05, 0) is 24.6 Å². The molecule has 0 unspecified atom stereocenters. The Kier molecular flexibility index (Phi) is 5.56. The van der Waals surface area contributed by atoms with Crippen LogP contribution in [-0.4, -0.2) is 52.3 Å². The zero-order chi connectivity index (χ0) is 18.7. The predicted octanol–water partition coefficient (Wildman–Crippen LogP) is 2.11. The van der Waals surface area contributed by atoms with Crippen molar-refractivity contribution in [2.24, 2.45) is 0 Å². The van der Waals surface area contributed by atoms with Crippen molar-refractivity contribution in [2.75, 3.05) is 35.5 Å². The number of methoxy groups -OCH3 is 4. The van der Waals surface area contributed by atoms with Gasteiger partial charge in [-0.15, -0.1) is 0 Å². The molecular formula is C18H23NO6. The Bertz CT molecular complexity index is 699. The summed E-state index contributed by atoms with van der Waals surface area (Å²) in [5.74, 6) is 0.382. The van der Waals surface area contributed by atoms with E-state index in [1.165, 1.54) is 33.3 Å². The summed E-state index contributed by atoms with van der Waals surface area (Å²) in [5, 5.41) is 0. The van der Waals surface area contributed by atoms with Crippen LogP contribution in [0.15, 0.2) is 23.4 Å². The molecule has 0 radical (unpaired) electrons. The number of allylic oxidation sites excluding steroid dienone is 1. The molecule has 0 N–H and O–H groups in total. The first-order valence-electron chi connectivity index (χ1n) is 7.75. The van der Waals surface area contributed by atoms with Gasteiger partial charge in [-0.3, -0.25) is 4.79 Å². The van der Waals surface area contributed by atoms with Crippen LogP contribution in [0, 0.1) is 0 Å². The fourth-order valence-corrected chi connectivity index (χ4v) is 3.02. The van der Waals surface area contributed by atoms with Crippen molar-refractivity contribution in [3.05, 3.63) is 29.0 Å². The highest BCUT2D eigenvalue weighted by atomic mass is 16.5. The van der Waals surface area contributed by atoms with Crippen LogP contribution in [0.3, 0.4) is 0 Å². The first kappa shape index (κ1) is 18.6. The van der Waals surface area contributed by atoms with Crippen LogP contribution < -0.4 is 14.2 Å². The minimum Gasteiger partial charge on any atom is -0.493 e. The molecule has 0 aliphatic carbocycles. The summed E-state index contributed by atoms with van der Waals surface area (Å²) in [7, 11) is 7.52. The average Bonchev–Trinajstić information content (AvgIpc) is 2.63. The predicted molar refractivity (Wildman–Crippen MR) is 90.9 cm³/mol. The van der Waals surface area contributed by atoms with Crippen molar-refractivity contribution in [2.45, 2.75) is 19.3 Å². The number of rotatable bonds is 5. The molecule has 0 spiro atoms. The Hall–Kier alpha value is -2.70. The molecule has 2 rings (SSSR count). The second-order valence-corrected chi connectivity index (χ2v) is 5.66. The number of benzene rings is 1. The molecule has 1 atom stereocenters. The number of amides is 1. The molecule has 136 valence electrons. The maximum Gasteiger partial charge on any atom is 0.336 e. The summed E-state index contributed by atoms with van der Waals surface area (Å²) in [5.41, 5.74) is 1.73. The van der Waals surface area contributed by atoms with Crippen LogP contribution >= 0.6 is 0 Å². The fraction of sp³-hybridized carbons (Fsp3) is 0.444. The number of hydrogen-bond donors (Lipinski definition) is 0. The highest BCUT2D eigenvalue weighted by Crippen LogP contribution is 2.44. The third kappa shape index (κ3) is 3.26. The van der Waals surface area contributed by atoms with E-state index >= 15 is 0 Å². The van der Waals surface area contributed by atoms with E-state index in [0.29, 0.717) is 28.5 Å². The molecule has 1 aliphatic rings. The maximum absolute atomic E-state index is 12.3. The van der Waals surface area contributed by atoms with Crippen molar-refractivity contribution in [3.8, 4) is 17.2 Å². The van der Waals surface area contributed by atoms with Crippen LogP contribution in [0.2, 0.25) is 0 Å². The van der Waals surface area contributed by atoms with Crippen molar-refractivity contribution in [1.29, 1.82) is 0 Å². The zero-order valence-electron chi connectivity index (χ0n) is 15.3. The number of hydrogen-bond acceptors (Lipinski definition) is 6. The minimum atomic E-state index is -0.462. The molecule has 1 aromatic carbocycles. The molecule has 0 saturated carbocycles. The molecule has 1 aliphatic heterocycles. The van der Waals surface area contributed by atoms with Crippen molar-refractivity contribution in [1.82, 2.24) is 4.90 Å². The van der Waals surface area contributed by atoms with Gasteiger partial charge >= 0.3 is 5.97 Å². The summed E-state index contributed by atoms with van der Waals surface area (Å²) < 4.78 is 21.0. The number of carbonyl (C=O) groups is 2. The highest BCUT2D eigenvalue weighted by Gasteiger charge is 2.36. The molecule has 0 saturated heterocycles. The van der Waals surface area contributed by atoms with Gasteiger partial charge in [0.05, 0.1) is 34.0 Å². The summed E-state index contributed by atoms with van der Waals surface area (Å²) >= 11 is 0. The Morgan fingerprint density at radius 1 is 1.08 bits per heavy atom. The monoisotopic (exact) mass is 349 g/mol. The molecule has 7 nitrogen and oxygen atoms in total. The Balaban J connectivity index is 2.66. The molecule has 7 heteroatoms. The van der Waals surface area contributed by atoms with E-state index in [0.717, 1.165) is 5.56 Å². The van der Waals surface area contributed by atoms with E-state index in [9.17, 15) is 9.59 Å². The third-order valence-corrected chi connectivity index (χ3v) is 4.49. The van der Waals surface area contributed by atoms with E-state index < -0.39 is 11.9 Å². The number of esters is 1. The topological polar surface area (TPSA) is 74.3 Å². The molecule has 1 aromatic rings. The normalized spacial score (nSPS) is 17.4. The van der Waals surface area contributed by atoms with E-state index in [-0.39, 0.29) is 12.3 Å². The Labute approximate surface area is 147 Å². The van der Waals surface area contributed by atoms with Crippen LogP contribution in [0.1, 0.15) is 24.8 Å². The summed E-state index contributed by atoms with van der Waals surface area (Å²) in [6, 6.07) is 3.50. The van der Waals surface area contributed by atoms with Gasteiger partial charge in [-0.1, -0.05) is 0 Å². The summed E-state index contributed by atoms with van der Waals surface area (Å²) in [6.45, 7) is 1.73. The number of carbonyl (C=O) groups excluding carboxylic acids is 2. The lowest BCUT2D eigenvalue weighted by atomic mass is 9.83. The quantitative estimate of drug-likeness (QED) is 0.758. The molecule has 1 amide bonds. The third-order valence-electron chi connectivity index (χ3n) is 4.49. The van der Waals surface area contributed by atoms with E-state index in [1.54, 1.807) is 26.1 Å². The summed E-state index contributed by atoms with van der Waals surface area (Å²) in [4.78, 5) is 26.1. The van der Waals surface area contributed by atoms with Gasteiger partial charge in [-0.2, -0.15) is 0 Å².